The van der Waals surface area contributed by atoms with Gasteiger partial charge in [0, 0.05) is 19.0 Å². The van der Waals surface area contributed by atoms with Gasteiger partial charge in [0.2, 0.25) is 0 Å². The molecule has 2 heterocycles. The maximum atomic E-state index is 12.2. The number of ether oxygens (including phenoxy) is 1. The molecule has 3 amide bonds. The van der Waals surface area contributed by atoms with Crippen LogP contribution in [0.5, 0.6) is 0 Å². The van der Waals surface area contributed by atoms with Crippen molar-refractivity contribution in [3.8, 4) is 0 Å². The Bertz CT molecular complexity index is 901. The first-order chi connectivity index (χ1) is 14.0. The molecule has 0 atom stereocenters. The quantitative estimate of drug-likeness (QED) is 0.390. The molecule has 152 valence electrons. The molecule has 0 radical (unpaired) electrons. The number of nitrogens with zero attached hydrogens (tertiary/aromatic N) is 2. The monoisotopic (exact) mass is 399 g/mol. The number of hydrogen-bond acceptors (Lipinski definition) is 7. The summed E-state index contributed by atoms with van der Waals surface area (Å²) in [6, 6.07) is 8.29. The van der Waals surface area contributed by atoms with Crippen molar-refractivity contribution in [1.29, 1.82) is 0 Å². The van der Waals surface area contributed by atoms with Crippen LogP contribution in [-0.4, -0.2) is 46.9 Å². The minimum atomic E-state index is -0.503. The zero-order chi connectivity index (χ0) is 20.8. The molecule has 29 heavy (non-hydrogen) atoms. The first kappa shape index (κ1) is 20.2. The number of nitrogens with one attached hydrogen (secondary N) is 1. The van der Waals surface area contributed by atoms with Crippen LogP contribution < -0.4 is 5.32 Å². The number of rotatable bonds is 9. The second-order valence-corrected chi connectivity index (χ2v) is 6.65. The number of carbonyl (C=O) groups is 4. The summed E-state index contributed by atoms with van der Waals surface area (Å²) in [6.45, 7) is 1.59. The van der Waals surface area contributed by atoms with Gasteiger partial charge in [-0.05, 0) is 31.9 Å². The van der Waals surface area contributed by atoms with Gasteiger partial charge in [0.05, 0.1) is 11.1 Å². The van der Waals surface area contributed by atoms with Crippen LogP contribution in [0, 0.1) is 6.92 Å². The molecule has 9 heteroatoms. The van der Waals surface area contributed by atoms with Gasteiger partial charge in [-0.2, -0.15) is 0 Å². The lowest BCUT2D eigenvalue weighted by atomic mass is 10.1. The number of carbonyl (C=O) groups excluding carboxylic acids is 4. The number of aromatic nitrogens is 1. The molecular formula is C20H21N3O6. The number of fused-ring (bicyclic) bond motifs is 1. The summed E-state index contributed by atoms with van der Waals surface area (Å²) in [5, 5.41) is 6.06. The molecule has 1 aliphatic heterocycles. The van der Waals surface area contributed by atoms with Crippen LogP contribution >= 0.6 is 0 Å². The van der Waals surface area contributed by atoms with E-state index in [9.17, 15) is 19.2 Å². The fraction of sp³-hybridized carbons (Fsp3) is 0.350. The lowest BCUT2D eigenvalue weighted by Gasteiger charge is -2.13. The van der Waals surface area contributed by atoms with Gasteiger partial charge in [-0.3, -0.25) is 24.1 Å². The van der Waals surface area contributed by atoms with Crippen molar-refractivity contribution in [3.05, 3.63) is 47.2 Å². The van der Waals surface area contributed by atoms with Crippen molar-refractivity contribution >= 4 is 29.5 Å². The van der Waals surface area contributed by atoms with Crippen molar-refractivity contribution in [3.63, 3.8) is 0 Å². The Morgan fingerprint density at radius 3 is 2.41 bits per heavy atom. The molecule has 1 aliphatic rings. The fourth-order valence-corrected chi connectivity index (χ4v) is 2.98. The van der Waals surface area contributed by atoms with Crippen LogP contribution in [0.25, 0.3) is 0 Å². The predicted octanol–water partition coefficient (Wildman–Crippen LogP) is 2.32. The standard InChI is InChI=1S/C20H21N3O6/c1-13-11-16(22-29-13)21-17(24)12-28-18(25)9-3-2-6-10-23-19(26)14-7-4-5-8-15(14)20(23)27/h4-5,7-8,11H,2-3,6,9-10,12H2,1H3,(H,21,22,24). The van der Waals surface area contributed by atoms with Crippen molar-refractivity contribution in [2.75, 3.05) is 18.5 Å². The molecule has 1 aromatic carbocycles. The third-order valence-corrected chi connectivity index (χ3v) is 4.40. The molecule has 2 aromatic rings. The number of unbranched alkanes of at least 4 members (excludes halogenated alkanes) is 2. The van der Waals surface area contributed by atoms with E-state index in [1.165, 1.54) is 4.90 Å². The summed E-state index contributed by atoms with van der Waals surface area (Å²) in [5.41, 5.74) is 0.861. The Morgan fingerprint density at radius 2 is 1.79 bits per heavy atom. The minimum Gasteiger partial charge on any atom is -0.456 e. The maximum Gasteiger partial charge on any atom is 0.306 e. The summed E-state index contributed by atoms with van der Waals surface area (Å²) >= 11 is 0. The third-order valence-electron chi connectivity index (χ3n) is 4.40. The van der Waals surface area contributed by atoms with E-state index >= 15 is 0 Å². The molecule has 0 unspecified atom stereocenters. The van der Waals surface area contributed by atoms with E-state index in [2.05, 4.69) is 10.5 Å². The normalized spacial score (nSPS) is 12.8. The van der Waals surface area contributed by atoms with E-state index < -0.39 is 18.5 Å². The van der Waals surface area contributed by atoms with Gasteiger partial charge < -0.3 is 14.6 Å². The molecule has 0 spiro atoms. The number of aryl methyl sites for hydroxylation is 1. The number of anilines is 1. The van der Waals surface area contributed by atoms with E-state index in [-0.39, 0.29) is 24.1 Å². The summed E-state index contributed by atoms with van der Waals surface area (Å²) in [4.78, 5) is 49.1. The average Bonchev–Trinajstić information content (AvgIpc) is 3.22. The van der Waals surface area contributed by atoms with E-state index in [0.717, 1.165) is 0 Å². The number of imide groups is 1. The Hall–Kier alpha value is -3.49. The van der Waals surface area contributed by atoms with Gasteiger partial charge in [-0.1, -0.05) is 23.7 Å². The third kappa shape index (κ3) is 5.07. The predicted molar refractivity (Wildman–Crippen MR) is 101 cm³/mol. The molecule has 0 saturated heterocycles. The van der Waals surface area contributed by atoms with Crippen molar-refractivity contribution in [1.82, 2.24) is 10.1 Å². The van der Waals surface area contributed by atoms with Crippen LogP contribution in [-0.2, 0) is 14.3 Å². The molecule has 0 fully saturated rings. The molecule has 3 rings (SSSR count). The van der Waals surface area contributed by atoms with Gasteiger partial charge in [0.15, 0.2) is 12.4 Å². The largest absolute Gasteiger partial charge is 0.456 e. The van der Waals surface area contributed by atoms with Crippen LogP contribution in [0.15, 0.2) is 34.9 Å². The lowest BCUT2D eigenvalue weighted by molar-refractivity contribution is -0.147. The first-order valence-electron chi connectivity index (χ1n) is 9.29. The van der Waals surface area contributed by atoms with Crippen molar-refractivity contribution in [2.24, 2.45) is 0 Å². The van der Waals surface area contributed by atoms with Gasteiger partial charge in [0.25, 0.3) is 17.7 Å². The Labute approximate surface area is 167 Å². The van der Waals surface area contributed by atoms with Gasteiger partial charge in [0.1, 0.15) is 5.76 Å². The molecule has 9 nitrogen and oxygen atoms in total. The number of hydrogen-bond donors (Lipinski definition) is 1. The van der Waals surface area contributed by atoms with Crippen LogP contribution in [0.3, 0.4) is 0 Å². The Morgan fingerprint density at radius 1 is 1.10 bits per heavy atom. The second-order valence-electron chi connectivity index (χ2n) is 6.65. The average molecular weight is 399 g/mol. The highest BCUT2D eigenvalue weighted by molar-refractivity contribution is 6.21. The molecule has 0 aliphatic carbocycles. The summed E-state index contributed by atoms with van der Waals surface area (Å²) < 4.78 is 9.73. The topological polar surface area (TPSA) is 119 Å². The highest BCUT2D eigenvalue weighted by Gasteiger charge is 2.34. The maximum absolute atomic E-state index is 12.2. The summed E-state index contributed by atoms with van der Waals surface area (Å²) in [7, 11) is 0. The first-order valence-corrected chi connectivity index (χ1v) is 9.29. The Kier molecular flexibility index (Phi) is 6.38. The molecule has 1 aromatic heterocycles. The zero-order valence-corrected chi connectivity index (χ0v) is 16.0. The van der Waals surface area contributed by atoms with Crippen LogP contribution in [0.2, 0.25) is 0 Å². The number of benzene rings is 1. The van der Waals surface area contributed by atoms with E-state index in [1.54, 1.807) is 37.3 Å². The number of esters is 1. The molecule has 0 saturated carbocycles. The number of amides is 3. The highest BCUT2D eigenvalue weighted by atomic mass is 16.5. The van der Waals surface area contributed by atoms with Gasteiger partial charge in [-0.25, -0.2) is 0 Å². The van der Waals surface area contributed by atoms with Gasteiger partial charge >= 0.3 is 5.97 Å². The van der Waals surface area contributed by atoms with Crippen molar-refractivity contribution < 1.29 is 28.4 Å². The second kappa shape index (κ2) is 9.13. The highest BCUT2D eigenvalue weighted by Crippen LogP contribution is 2.22. The molecule has 0 bridgehead atoms. The van der Waals surface area contributed by atoms with Crippen LogP contribution in [0.1, 0.15) is 52.2 Å². The zero-order valence-electron chi connectivity index (χ0n) is 16.0. The minimum absolute atomic E-state index is 0.151. The molecular weight excluding hydrogens is 378 g/mol. The smallest absolute Gasteiger partial charge is 0.306 e. The van der Waals surface area contributed by atoms with Crippen LogP contribution in [0.4, 0.5) is 5.82 Å². The fourth-order valence-electron chi connectivity index (χ4n) is 2.98. The van der Waals surface area contributed by atoms with Crippen molar-refractivity contribution in [2.45, 2.75) is 32.6 Å². The van der Waals surface area contributed by atoms with Gasteiger partial charge in [-0.15, -0.1) is 0 Å². The van der Waals surface area contributed by atoms with E-state index in [1.807, 2.05) is 0 Å². The SMILES string of the molecule is Cc1cc(NC(=O)COC(=O)CCCCCN2C(=O)c3ccccc3C2=O)no1. The van der Waals surface area contributed by atoms with E-state index in [0.29, 0.717) is 42.7 Å². The lowest BCUT2D eigenvalue weighted by Crippen LogP contribution is -2.30. The van der Waals surface area contributed by atoms with E-state index in [4.69, 9.17) is 9.26 Å². The molecule has 1 N–H and O–H groups in total. The summed E-state index contributed by atoms with van der Waals surface area (Å²) in [6.07, 6.45) is 1.92. The Balaban J connectivity index is 1.30. The summed E-state index contributed by atoms with van der Waals surface area (Å²) in [5.74, 6) is -0.735.